The van der Waals surface area contributed by atoms with Crippen molar-refractivity contribution in [1.82, 2.24) is 19.1 Å². The number of sulfonamides is 1. The van der Waals surface area contributed by atoms with Crippen LogP contribution in [0.4, 0.5) is 5.69 Å². The van der Waals surface area contributed by atoms with E-state index < -0.39 is 22.0 Å². The molecule has 0 amide bonds. The van der Waals surface area contributed by atoms with Crippen LogP contribution in [0.5, 0.6) is 0 Å². The van der Waals surface area contributed by atoms with E-state index in [1.165, 1.54) is 5.56 Å². The zero-order valence-corrected chi connectivity index (χ0v) is 24.5. The number of nitrogens with one attached hydrogen (secondary N) is 1. The van der Waals surface area contributed by atoms with Gasteiger partial charge in [0.1, 0.15) is 0 Å². The molecule has 222 valence electrons. The van der Waals surface area contributed by atoms with Gasteiger partial charge in [-0.25, -0.2) is 18.0 Å². The third-order valence-corrected chi connectivity index (χ3v) is 8.91. The van der Waals surface area contributed by atoms with Gasteiger partial charge in [-0.05, 0) is 70.6 Å². The number of rotatable bonds is 9. The molecule has 13 heteroatoms. The molecule has 4 rings (SSSR count). The molecule has 2 saturated heterocycles. The van der Waals surface area contributed by atoms with Gasteiger partial charge in [0.15, 0.2) is 0 Å². The molecule has 12 nitrogen and oxygen atoms in total. The number of aliphatic carboxylic acids is 2. The number of likely N-dealkylation sites (N-methyl/N-ethyl adjacent to an activating group) is 1. The van der Waals surface area contributed by atoms with Crippen LogP contribution in [0.15, 0.2) is 29.2 Å². The van der Waals surface area contributed by atoms with Crippen LogP contribution in [0.25, 0.3) is 5.69 Å². The molecule has 2 aliphatic rings. The second-order valence-corrected chi connectivity index (χ2v) is 12.1. The van der Waals surface area contributed by atoms with Crippen LogP contribution in [0.3, 0.4) is 0 Å². The number of carboxylic acid groups (broad SMARTS) is 2. The van der Waals surface area contributed by atoms with E-state index in [-0.39, 0.29) is 0 Å². The minimum atomic E-state index is -3.57. The Kier molecular flexibility index (Phi) is 11.1. The van der Waals surface area contributed by atoms with Crippen LogP contribution in [-0.2, 0) is 30.9 Å². The van der Waals surface area contributed by atoms with Crippen molar-refractivity contribution in [3.05, 3.63) is 41.2 Å². The highest BCUT2D eigenvalue weighted by atomic mass is 32.2. The SMILES string of the molecule is Cc1cc(CNCCN(C)C)c(C)n1-c1cc(S(=O)(=O)N2CCOCC2)ccc1N1CCCC1.O=C(O)C(=O)O. The van der Waals surface area contributed by atoms with Gasteiger partial charge < -0.3 is 34.6 Å². The highest BCUT2D eigenvalue weighted by Crippen LogP contribution is 2.34. The quantitative estimate of drug-likeness (QED) is 0.295. The van der Waals surface area contributed by atoms with E-state index in [0.29, 0.717) is 31.2 Å². The van der Waals surface area contributed by atoms with Gasteiger partial charge in [0, 0.05) is 57.2 Å². The van der Waals surface area contributed by atoms with Gasteiger partial charge in [-0.1, -0.05) is 0 Å². The van der Waals surface area contributed by atoms with Crippen LogP contribution in [0, 0.1) is 13.8 Å². The molecule has 0 spiro atoms. The number of carboxylic acids is 2. The highest BCUT2D eigenvalue weighted by molar-refractivity contribution is 7.89. The summed E-state index contributed by atoms with van der Waals surface area (Å²) in [5, 5.41) is 18.3. The van der Waals surface area contributed by atoms with E-state index in [1.54, 1.807) is 10.4 Å². The van der Waals surface area contributed by atoms with E-state index >= 15 is 0 Å². The Morgan fingerprint density at radius 3 is 2.17 bits per heavy atom. The molecule has 0 aliphatic carbocycles. The number of hydrogen-bond acceptors (Lipinski definition) is 8. The number of aromatic nitrogens is 1. The summed E-state index contributed by atoms with van der Waals surface area (Å²) in [4.78, 5) is 23.1. The van der Waals surface area contributed by atoms with Gasteiger partial charge in [0.05, 0.1) is 29.5 Å². The molecule has 3 heterocycles. The van der Waals surface area contributed by atoms with E-state index in [1.807, 2.05) is 12.1 Å². The second kappa shape index (κ2) is 14.1. The van der Waals surface area contributed by atoms with Gasteiger partial charge in [0.2, 0.25) is 10.0 Å². The van der Waals surface area contributed by atoms with Gasteiger partial charge in [-0.3, -0.25) is 0 Å². The Bertz CT molecular complexity index is 1270. The molecule has 3 N–H and O–H groups in total. The van der Waals surface area contributed by atoms with Crippen molar-refractivity contribution < 1.29 is 33.0 Å². The smallest absolute Gasteiger partial charge is 0.414 e. The molecule has 2 aromatic rings. The lowest BCUT2D eigenvalue weighted by molar-refractivity contribution is -0.159. The number of ether oxygens (including phenoxy) is 1. The maximum atomic E-state index is 13.4. The molecule has 0 atom stereocenters. The predicted molar refractivity (Wildman–Crippen MR) is 152 cm³/mol. The molecule has 1 aromatic heterocycles. The summed E-state index contributed by atoms with van der Waals surface area (Å²) in [6.07, 6.45) is 2.33. The maximum Gasteiger partial charge on any atom is 0.414 e. The molecule has 2 aliphatic heterocycles. The van der Waals surface area contributed by atoms with Crippen molar-refractivity contribution >= 4 is 27.6 Å². The second-order valence-electron chi connectivity index (χ2n) is 10.2. The zero-order chi connectivity index (χ0) is 29.4. The number of carbonyl (C=O) groups is 2. The number of anilines is 1. The number of morpholine rings is 1. The molecule has 1 aromatic carbocycles. The summed E-state index contributed by atoms with van der Waals surface area (Å²) in [7, 11) is 0.577. The number of hydrogen-bond donors (Lipinski definition) is 3. The topological polar surface area (TPSA) is 145 Å². The van der Waals surface area contributed by atoms with E-state index in [0.717, 1.165) is 68.3 Å². The summed E-state index contributed by atoms with van der Waals surface area (Å²) in [5.74, 6) is -3.65. The fourth-order valence-electron chi connectivity index (χ4n) is 4.91. The lowest BCUT2D eigenvalue weighted by atomic mass is 10.2. The molecular weight excluding hydrogens is 538 g/mol. The highest BCUT2D eigenvalue weighted by Gasteiger charge is 2.28. The Labute approximate surface area is 236 Å². The number of nitrogens with zero attached hydrogens (tertiary/aromatic N) is 4. The lowest BCUT2D eigenvalue weighted by Gasteiger charge is -2.28. The first-order valence-electron chi connectivity index (χ1n) is 13.4. The summed E-state index contributed by atoms with van der Waals surface area (Å²) in [6.45, 7) is 10.6. The number of aryl methyl sites for hydroxylation is 1. The first kappa shape index (κ1) is 31.6. The molecule has 40 heavy (non-hydrogen) atoms. The Morgan fingerprint density at radius 1 is 0.975 bits per heavy atom. The molecule has 0 radical (unpaired) electrons. The average molecular weight is 580 g/mol. The third kappa shape index (κ3) is 7.82. The van der Waals surface area contributed by atoms with Gasteiger partial charge in [-0.2, -0.15) is 4.31 Å². The fourth-order valence-corrected chi connectivity index (χ4v) is 6.34. The van der Waals surface area contributed by atoms with Crippen LogP contribution < -0.4 is 10.2 Å². The van der Waals surface area contributed by atoms with Crippen LogP contribution in [-0.4, -0.2) is 111 Å². The Balaban J connectivity index is 0.000000663. The normalized spacial score (nSPS) is 16.2. The van der Waals surface area contributed by atoms with Crippen LogP contribution >= 0.6 is 0 Å². The average Bonchev–Trinajstić information content (AvgIpc) is 3.55. The minimum absolute atomic E-state index is 0.352. The first-order chi connectivity index (χ1) is 18.9. The van der Waals surface area contributed by atoms with Gasteiger partial charge in [0.25, 0.3) is 0 Å². The summed E-state index contributed by atoms with van der Waals surface area (Å²) in [6, 6.07) is 7.87. The lowest BCUT2D eigenvalue weighted by Crippen LogP contribution is -2.40. The summed E-state index contributed by atoms with van der Waals surface area (Å²) < 4.78 is 36.0. The largest absolute Gasteiger partial charge is 0.473 e. The summed E-state index contributed by atoms with van der Waals surface area (Å²) >= 11 is 0. The number of benzene rings is 1. The molecule has 2 fully saturated rings. The van der Waals surface area contributed by atoms with Crippen molar-refractivity contribution in [2.24, 2.45) is 0 Å². The van der Waals surface area contributed by atoms with Gasteiger partial charge >= 0.3 is 11.9 Å². The maximum absolute atomic E-state index is 13.4. The van der Waals surface area contributed by atoms with Crippen LogP contribution in [0.2, 0.25) is 0 Å². The van der Waals surface area contributed by atoms with Crippen molar-refractivity contribution in [3.63, 3.8) is 0 Å². The van der Waals surface area contributed by atoms with E-state index in [9.17, 15) is 8.42 Å². The van der Waals surface area contributed by atoms with Crippen molar-refractivity contribution in [2.45, 2.75) is 38.1 Å². The van der Waals surface area contributed by atoms with E-state index in [4.69, 9.17) is 24.5 Å². The zero-order valence-electron chi connectivity index (χ0n) is 23.7. The minimum Gasteiger partial charge on any atom is -0.473 e. The van der Waals surface area contributed by atoms with Gasteiger partial charge in [-0.15, -0.1) is 0 Å². The predicted octanol–water partition coefficient (Wildman–Crippen LogP) is 1.52. The molecule has 0 bridgehead atoms. The monoisotopic (exact) mass is 579 g/mol. The third-order valence-electron chi connectivity index (χ3n) is 7.01. The summed E-state index contributed by atoms with van der Waals surface area (Å²) in [5.41, 5.74) is 5.56. The first-order valence-corrected chi connectivity index (χ1v) is 14.8. The molecular formula is C27H41N5O7S. The Morgan fingerprint density at radius 2 is 1.60 bits per heavy atom. The van der Waals surface area contributed by atoms with Crippen LogP contribution in [0.1, 0.15) is 29.8 Å². The standard InChI is InChI=1S/C25H39N5O3S.C2H2O4/c1-20-17-22(19-26-9-12-27(3)4)21(2)30(20)25-18-23(7-8-24(25)28-10-5-6-11-28)34(31,32)29-13-15-33-16-14-29;3-1(4)2(5)6/h7-8,17-18,26H,5-6,9-16,19H2,1-4H3;(H,3,4)(H,5,6). The van der Waals surface area contributed by atoms with E-state index in [2.05, 4.69) is 53.7 Å². The van der Waals surface area contributed by atoms with Crippen molar-refractivity contribution in [2.75, 3.05) is 71.5 Å². The van der Waals surface area contributed by atoms with Crippen molar-refractivity contribution in [3.8, 4) is 5.69 Å². The molecule has 0 saturated carbocycles. The Hall–Kier alpha value is -2.97. The van der Waals surface area contributed by atoms with Crippen molar-refractivity contribution in [1.29, 1.82) is 0 Å². The molecule has 0 unspecified atom stereocenters. The fraction of sp³-hybridized carbons (Fsp3) is 0.556.